The molecule has 1 aromatic heterocycles. The molecule has 0 saturated heterocycles. The van der Waals surface area contributed by atoms with Crippen LogP contribution in [0.25, 0.3) is 0 Å². The van der Waals surface area contributed by atoms with Crippen LogP contribution in [0.15, 0.2) is 36.4 Å². The number of carbonyl (C=O) groups is 1. The fourth-order valence-electron chi connectivity index (χ4n) is 2.72. The van der Waals surface area contributed by atoms with Crippen molar-refractivity contribution in [1.29, 1.82) is 0 Å². The molecule has 0 saturated carbocycles. The van der Waals surface area contributed by atoms with Crippen LogP contribution in [0.5, 0.6) is 0 Å². The summed E-state index contributed by atoms with van der Waals surface area (Å²) in [6, 6.07) is 11.0. The molecule has 0 aliphatic carbocycles. The van der Waals surface area contributed by atoms with Crippen LogP contribution in [0, 0.1) is 0 Å². The van der Waals surface area contributed by atoms with Gasteiger partial charge in [0.2, 0.25) is 10.0 Å². The maximum absolute atomic E-state index is 12.2. The van der Waals surface area contributed by atoms with E-state index < -0.39 is 10.0 Å². The van der Waals surface area contributed by atoms with Crippen LogP contribution >= 0.6 is 0 Å². The van der Waals surface area contributed by atoms with Crippen molar-refractivity contribution in [3.8, 4) is 0 Å². The number of sulfonamides is 1. The highest BCUT2D eigenvalue weighted by molar-refractivity contribution is 7.88. The molecule has 0 spiro atoms. The molecule has 0 aliphatic rings. The van der Waals surface area contributed by atoms with Gasteiger partial charge in [0.1, 0.15) is 5.69 Å². The van der Waals surface area contributed by atoms with Crippen molar-refractivity contribution in [2.75, 3.05) is 14.1 Å². The number of benzene rings is 1. The zero-order chi connectivity index (χ0) is 20.0. The number of amides is 1. The number of H-pyrrole nitrogens is 1. The molecule has 0 aliphatic heterocycles. The van der Waals surface area contributed by atoms with Crippen LogP contribution in [-0.2, 0) is 28.9 Å². The minimum atomic E-state index is -3.37. The third-order valence-corrected chi connectivity index (χ3v) is 5.41. The van der Waals surface area contributed by atoms with E-state index in [1.807, 2.05) is 30.3 Å². The summed E-state index contributed by atoms with van der Waals surface area (Å²) in [6.45, 7) is 4.68. The van der Waals surface area contributed by atoms with Gasteiger partial charge in [0, 0.05) is 38.9 Å². The lowest BCUT2D eigenvalue weighted by molar-refractivity contribution is 0.0822. The fourth-order valence-corrected chi connectivity index (χ4v) is 4.21. The predicted octanol–water partition coefficient (Wildman–Crippen LogP) is 1.83. The number of hydrogen-bond acceptors (Lipinski definition) is 4. The van der Waals surface area contributed by atoms with Gasteiger partial charge < -0.3 is 15.2 Å². The van der Waals surface area contributed by atoms with Crippen molar-refractivity contribution in [2.24, 2.45) is 0 Å². The van der Waals surface area contributed by atoms with Crippen molar-refractivity contribution in [1.82, 2.24) is 19.9 Å². The van der Waals surface area contributed by atoms with E-state index in [0.717, 1.165) is 16.8 Å². The van der Waals surface area contributed by atoms with Crippen molar-refractivity contribution >= 4 is 15.9 Å². The lowest BCUT2D eigenvalue weighted by atomic mass is 10.1. The number of hydrogen-bond donors (Lipinski definition) is 3. The molecule has 1 aromatic carbocycles. The zero-order valence-electron chi connectivity index (χ0n) is 16.2. The predicted molar refractivity (Wildman–Crippen MR) is 107 cm³/mol. The van der Waals surface area contributed by atoms with E-state index >= 15 is 0 Å². The molecule has 2 aromatic rings. The van der Waals surface area contributed by atoms with Gasteiger partial charge in [-0.25, -0.2) is 13.1 Å². The zero-order valence-corrected chi connectivity index (χ0v) is 17.1. The summed E-state index contributed by atoms with van der Waals surface area (Å²) in [7, 11) is 0.0431. The van der Waals surface area contributed by atoms with Crippen molar-refractivity contribution < 1.29 is 13.2 Å². The molecular formula is C19H28N4O3S. The van der Waals surface area contributed by atoms with E-state index in [9.17, 15) is 13.2 Å². The molecule has 1 heterocycles. The Hall–Kier alpha value is -2.16. The monoisotopic (exact) mass is 392 g/mol. The molecule has 27 heavy (non-hydrogen) atoms. The SMILES string of the molecule is CC(C)NS(=O)(=O)Cc1ccccc1CNCc1ccc(C(=O)N(C)C)[nH]1. The molecule has 0 fully saturated rings. The number of aromatic nitrogens is 1. The number of aromatic amines is 1. The Morgan fingerprint density at radius 3 is 2.37 bits per heavy atom. The van der Waals surface area contributed by atoms with Crippen LogP contribution in [0.3, 0.4) is 0 Å². The second-order valence-corrected chi connectivity index (χ2v) is 8.75. The third-order valence-electron chi connectivity index (χ3n) is 3.89. The van der Waals surface area contributed by atoms with Crippen LogP contribution in [-0.4, -0.2) is 44.3 Å². The Bertz CT molecular complexity index is 873. The first-order chi connectivity index (χ1) is 12.7. The Labute approximate surface area is 161 Å². The highest BCUT2D eigenvalue weighted by Crippen LogP contribution is 2.13. The topological polar surface area (TPSA) is 94.3 Å². The van der Waals surface area contributed by atoms with Gasteiger partial charge in [0.05, 0.1) is 5.75 Å². The molecule has 8 heteroatoms. The summed E-state index contributed by atoms with van der Waals surface area (Å²) < 4.78 is 27.0. The first-order valence-corrected chi connectivity index (χ1v) is 10.5. The molecule has 0 atom stereocenters. The van der Waals surface area contributed by atoms with Crippen molar-refractivity contribution in [3.05, 3.63) is 58.9 Å². The second kappa shape index (κ2) is 9.16. The summed E-state index contributed by atoms with van der Waals surface area (Å²) >= 11 is 0. The van der Waals surface area contributed by atoms with Gasteiger partial charge in [-0.2, -0.15) is 0 Å². The minimum absolute atomic E-state index is 0.0486. The molecule has 0 bridgehead atoms. The number of carbonyl (C=O) groups excluding carboxylic acids is 1. The van der Waals surface area contributed by atoms with Gasteiger partial charge in [0.15, 0.2) is 0 Å². The van der Waals surface area contributed by atoms with Crippen molar-refractivity contribution in [2.45, 2.75) is 38.7 Å². The molecule has 0 unspecified atom stereocenters. The molecule has 2 rings (SSSR count). The number of nitrogens with zero attached hydrogens (tertiary/aromatic N) is 1. The van der Waals surface area contributed by atoms with Gasteiger partial charge in [0.25, 0.3) is 5.91 Å². The summed E-state index contributed by atoms with van der Waals surface area (Å²) in [5.41, 5.74) is 3.14. The molecule has 0 radical (unpaired) electrons. The summed E-state index contributed by atoms with van der Waals surface area (Å²) in [5, 5.41) is 3.30. The number of nitrogens with one attached hydrogen (secondary N) is 3. The van der Waals surface area contributed by atoms with Crippen LogP contribution < -0.4 is 10.0 Å². The smallest absolute Gasteiger partial charge is 0.269 e. The molecule has 3 N–H and O–H groups in total. The van der Waals surface area contributed by atoms with Crippen LogP contribution in [0.4, 0.5) is 0 Å². The third kappa shape index (κ3) is 6.50. The lowest BCUT2D eigenvalue weighted by Gasteiger charge is -2.13. The normalized spacial score (nSPS) is 11.7. The Morgan fingerprint density at radius 2 is 1.74 bits per heavy atom. The Balaban J connectivity index is 1.98. The lowest BCUT2D eigenvalue weighted by Crippen LogP contribution is -2.31. The Kier molecular flexibility index (Phi) is 7.18. The van der Waals surface area contributed by atoms with E-state index in [0.29, 0.717) is 18.8 Å². The summed E-state index contributed by atoms with van der Waals surface area (Å²) in [6.07, 6.45) is 0. The van der Waals surface area contributed by atoms with E-state index in [-0.39, 0.29) is 17.7 Å². The van der Waals surface area contributed by atoms with Gasteiger partial charge in [-0.1, -0.05) is 24.3 Å². The first-order valence-electron chi connectivity index (χ1n) is 8.85. The maximum Gasteiger partial charge on any atom is 0.269 e. The van der Waals surface area contributed by atoms with Crippen molar-refractivity contribution in [3.63, 3.8) is 0 Å². The molecule has 148 valence electrons. The van der Waals surface area contributed by atoms with E-state index in [1.165, 1.54) is 4.90 Å². The van der Waals surface area contributed by atoms with Crippen LogP contribution in [0.2, 0.25) is 0 Å². The average molecular weight is 393 g/mol. The fraction of sp³-hybridized carbons (Fsp3) is 0.421. The summed E-state index contributed by atoms with van der Waals surface area (Å²) in [5.74, 6) is -0.123. The summed E-state index contributed by atoms with van der Waals surface area (Å²) in [4.78, 5) is 16.5. The van der Waals surface area contributed by atoms with E-state index in [2.05, 4.69) is 15.0 Å². The van der Waals surface area contributed by atoms with Gasteiger partial charge in [-0.05, 0) is 37.1 Å². The number of rotatable bonds is 9. The van der Waals surface area contributed by atoms with Crippen LogP contribution in [0.1, 0.15) is 41.2 Å². The maximum atomic E-state index is 12.2. The largest absolute Gasteiger partial charge is 0.353 e. The van der Waals surface area contributed by atoms with Gasteiger partial charge >= 0.3 is 0 Å². The molecule has 7 nitrogen and oxygen atoms in total. The molecule has 1 amide bonds. The minimum Gasteiger partial charge on any atom is -0.353 e. The quantitative estimate of drug-likeness (QED) is 0.607. The Morgan fingerprint density at radius 1 is 1.07 bits per heavy atom. The molecular weight excluding hydrogens is 364 g/mol. The van der Waals surface area contributed by atoms with Gasteiger partial charge in [-0.15, -0.1) is 0 Å². The highest BCUT2D eigenvalue weighted by Gasteiger charge is 2.15. The van der Waals surface area contributed by atoms with E-state index in [1.54, 1.807) is 34.0 Å². The van der Waals surface area contributed by atoms with Gasteiger partial charge in [-0.3, -0.25) is 4.79 Å². The highest BCUT2D eigenvalue weighted by atomic mass is 32.2. The second-order valence-electron chi connectivity index (χ2n) is 7.00. The standard InChI is InChI=1S/C19H28N4O3S/c1-14(2)22-27(25,26)13-16-8-6-5-7-15(16)11-20-12-17-9-10-18(21-17)19(24)23(3)4/h5-10,14,20-22H,11-13H2,1-4H3. The van der Waals surface area contributed by atoms with E-state index in [4.69, 9.17) is 0 Å². The average Bonchev–Trinajstić information content (AvgIpc) is 3.02. The first kappa shape index (κ1) is 21.1.